The summed E-state index contributed by atoms with van der Waals surface area (Å²) in [6, 6.07) is 23.7. The van der Waals surface area contributed by atoms with E-state index < -0.39 is 0 Å². The SMILES string of the molecule is O=C(c1ccccc1)c1cccc(-c2ccc(O)cc2)c1. The van der Waals surface area contributed by atoms with Gasteiger partial charge in [-0.15, -0.1) is 0 Å². The van der Waals surface area contributed by atoms with Gasteiger partial charge in [0.25, 0.3) is 0 Å². The first-order valence-electron chi connectivity index (χ1n) is 6.73. The molecule has 21 heavy (non-hydrogen) atoms. The van der Waals surface area contributed by atoms with E-state index in [4.69, 9.17) is 0 Å². The summed E-state index contributed by atoms with van der Waals surface area (Å²) in [7, 11) is 0. The normalized spacial score (nSPS) is 10.3. The zero-order valence-corrected chi connectivity index (χ0v) is 11.4. The second-order valence-corrected chi connectivity index (χ2v) is 4.82. The Kier molecular flexibility index (Phi) is 3.52. The fraction of sp³-hybridized carbons (Fsp3) is 0. The molecule has 0 bridgehead atoms. The minimum absolute atomic E-state index is 0.0104. The number of phenols is 1. The Morgan fingerprint density at radius 3 is 2.05 bits per heavy atom. The van der Waals surface area contributed by atoms with Gasteiger partial charge in [0.05, 0.1) is 0 Å². The van der Waals surface area contributed by atoms with Crippen molar-refractivity contribution in [1.29, 1.82) is 0 Å². The lowest BCUT2D eigenvalue weighted by molar-refractivity contribution is 0.103. The number of aromatic hydroxyl groups is 1. The maximum Gasteiger partial charge on any atom is 0.193 e. The van der Waals surface area contributed by atoms with Crippen LogP contribution in [0.25, 0.3) is 11.1 Å². The van der Waals surface area contributed by atoms with Crippen molar-refractivity contribution < 1.29 is 9.90 Å². The molecule has 0 radical (unpaired) electrons. The monoisotopic (exact) mass is 274 g/mol. The highest BCUT2D eigenvalue weighted by atomic mass is 16.3. The second kappa shape index (κ2) is 5.63. The molecule has 0 aliphatic carbocycles. The third kappa shape index (κ3) is 2.84. The number of ketones is 1. The van der Waals surface area contributed by atoms with Crippen LogP contribution in [-0.2, 0) is 0 Å². The van der Waals surface area contributed by atoms with Crippen LogP contribution < -0.4 is 0 Å². The predicted octanol–water partition coefficient (Wildman–Crippen LogP) is 4.29. The van der Waals surface area contributed by atoms with Gasteiger partial charge in [0.2, 0.25) is 0 Å². The molecule has 0 saturated heterocycles. The summed E-state index contributed by atoms with van der Waals surface area (Å²) >= 11 is 0. The first-order chi connectivity index (χ1) is 10.2. The number of hydrogen-bond donors (Lipinski definition) is 1. The van der Waals surface area contributed by atoms with Crippen LogP contribution in [-0.4, -0.2) is 10.9 Å². The fourth-order valence-corrected chi connectivity index (χ4v) is 2.25. The second-order valence-electron chi connectivity index (χ2n) is 4.82. The average Bonchev–Trinajstić information content (AvgIpc) is 2.56. The van der Waals surface area contributed by atoms with E-state index in [9.17, 15) is 9.90 Å². The summed E-state index contributed by atoms with van der Waals surface area (Å²) < 4.78 is 0. The maximum atomic E-state index is 12.4. The van der Waals surface area contributed by atoms with Crippen molar-refractivity contribution in [2.75, 3.05) is 0 Å². The van der Waals surface area contributed by atoms with Gasteiger partial charge in [0.1, 0.15) is 5.75 Å². The molecule has 1 N–H and O–H groups in total. The van der Waals surface area contributed by atoms with Crippen molar-refractivity contribution in [3.63, 3.8) is 0 Å². The van der Waals surface area contributed by atoms with Gasteiger partial charge in [-0.25, -0.2) is 0 Å². The standard InChI is InChI=1S/C19H14O2/c20-18-11-9-14(10-12-18)16-7-4-8-17(13-16)19(21)15-5-2-1-3-6-15/h1-13,20H. The smallest absolute Gasteiger partial charge is 0.193 e. The Morgan fingerprint density at radius 2 is 1.33 bits per heavy atom. The van der Waals surface area contributed by atoms with Crippen LogP contribution in [0.15, 0.2) is 78.9 Å². The van der Waals surface area contributed by atoms with Gasteiger partial charge >= 0.3 is 0 Å². The molecule has 3 rings (SSSR count). The zero-order chi connectivity index (χ0) is 14.7. The predicted molar refractivity (Wildman–Crippen MR) is 83.4 cm³/mol. The lowest BCUT2D eigenvalue weighted by atomic mass is 9.98. The van der Waals surface area contributed by atoms with Crippen LogP contribution in [0.2, 0.25) is 0 Å². The van der Waals surface area contributed by atoms with E-state index in [1.54, 1.807) is 12.1 Å². The van der Waals surface area contributed by atoms with Gasteiger partial charge in [-0.05, 0) is 29.3 Å². The molecule has 0 atom stereocenters. The van der Waals surface area contributed by atoms with Gasteiger partial charge in [-0.3, -0.25) is 4.79 Å². The van der Waals surface area contributed by atoms with Crippen molar-refractivity contribution in [1.82, 2.24) is 0 Å². The molecule has 0 heterocycles. The Hall–Kier alpha value is -2.87. The number of carbonyl (C=O) groups is 1. The van der Waals surface area contributed by atoms with Gasteiger partial charge in [0, 0.05) is 11.1 Å². The maximum absolute atomic E-state index is 12.4. The Labute approximate surface area is 123 Å². The molecular weight excluding hydrogens is 260 g/mol. The molecule has 0 aliphatic rings. The van der Waals surface area contributed by atoms with Crippen LogP contribution in [0.5, 0.6) is 5.75 Å². The molecule has 0 aromatic heterocycles. The van der Waals surface area contributed by atoms with E-state index in [1.165, 1.54) is 0 Å². The first-order valence-corrected chi connectivity index (χ1v) is 6.73. The Morgan fingerprint density at radius 1 is 0.667 bits per heavy atom. The van der Waals surface area contributed by atoms with Gasteiger partial charge in [0.15, 0.2) is 5.78 Å². The molecule has 2 nitrogen and oxygen atoms in total. The van der Waals surface area contributed by atoms with Crippen molar-refractivity contribution in [3.8, 4) is 16.9 Å². The highest BCUT2D eigenvalue weighted by Crippen LogP contribution is 2.23. The van der Waals surface area contributed by atoms with E-state index in [2.05, 4.69) is 0 Å². The summed E-state index contributed by atoms with van der Waals surface area (Å²) in [6.45, 7) is 0. The topological polar surface area (TPSA) is 37.3 Å². The van der Waals surface area contributed by atoms with Crippen molar-refractivity contribution >= 4 is 5.78 Å². The minimum Gasteiger partial charge on any atom is -0.508 e. The van der Waals surface area contributed by atoms with Crippen LogP contribution in [0.4, 0.5) is 0 Å². The van der Waals surface area contributed by atoms with Crippen LogP contribution in [0.1, 0.15) is 15.9 Å². The Bertz CT molecular complexity index is 759. The highest BCUT2D eigenvalue weighted by molar-refractivity contribution is 6.09. The lowest BCUT2D eigenvalue weighted by Gasteiger charge is -2.05. The largest absolute Gasteiger partial charge is 0.508 e. The molecular formula is C19H14O2. The van der Waals surface area contributed by atoms with E-state index in [0.717, 1.165) is 11.1 Å². The molecule has 0 aliphatic heterocycles. The molecule has 0 saturated carbocycles. The van der Waals surface area contributed by atoms with E-state index in [1.807, 2.05) is 66.7 Å². The van der Waals surface area contributed by atoms with Crippen molar-refractivity contribution in [3.05, 3.63) is 90.0 Å². The summed E-state index contributed by atoms with van der Waals surface area (Å²) in [5.41, 5.74) is 3.26. The molecule has 0 amide bonds. The highest BCUT2D eigenvalue weighted by Gasteiger charge is 2.09. The first kappa shape index (κ1) is 13.1. The van der Waals surface area contributed by atoms with Crippen LogP contribution >= 0.6 is 0 Å². The van der Waals surface area contributed by atoms with Gasteiger partial charge in [-0.1, -0.05) is 60.7 Å². The fourth-order valence-electron chi connectivity index (χ4n) is 2.25. The van der Waals surface area contributed by atoms with Crippen LogP contribution in [0.3, 0.4) is 0 Å². The van der Waals surface area contributed by atoms with E-state index in [0.29, 0.717) is 11.1 Å². The summed E-state index contributed by atoms with van der Waals surface area (Å²) in [4.78, 5) is 12.4. The summed E-state index contributed by atoms with van der Waals surface area (Å²) in [5, 5.41) is 9.34. The van der Waals surface area contributed by atoms with Gasteiger partial charge < -0.3 is 5.11 Å². The number of phenolic OH excluding ortho intramolecular Hbond substituents is 1. The molecule has 102 valence electrons. The average molecular weight is 274 g/mol. The minimum atomic E-state index is 0.0104. The van der Waals surface area contributed by atoms with Crippen LogP contribution in [0, 0.1) is 0 Å². The molecule has 3 aromatic carbocycles. The van der Waals surface area contributed by atoms with E-state index >= 15 is 0 Å². The molecule has 0 spiro atoms. The molecule has 3 aromatic rings. The van der Waals surface area contributed by atoms with Gasteiger partial charge in [-0.2, -0.15) is 0 Å². The van der Waals surface area contributed by atoms with Crippen molar-refractivity contribution in [2.45, 2.75) is 0 Å². The molecule has 0 unspecified atom stereocenters. The lowest BCUT2D eigenvalue weighted by Crippen LogP contribution is -2.00. The third-order valence-corrected chi connectivity index (χ3v) is 3.36. The van der Waals surface area contributed by atoms with E-state index in [-0.39, 0.29) is 11.5 Å². The van der Waals surface area contributed by atoms with Crippen molar-refractivity contribution in [2.24, 2.45) is 0 Å². The summed E-state index contributed by atoms with van der Waals surface area (Å²) in [5.74, 6) is 0.242. The number of carbonyl (C=O) groups excluding carboxylic acids is 1. The number of hydrogen-bond acceptors (Lipinski definition) is 2. The quantitative estimate of drug-likeness (QED) is 0.723. The Balaban J connectivity index is 1.97. The number of benzene rings is 3. The molecule has 0 fully saturated rings. The number of rotatable bonds is 3. The zero-order valence-electron chi connectivity index (χ0n) is 11.4. The third-order valence-electron chi connectivity index (χ3n) is 3.36. The summed E-state index contributed by atoms with van der Waals surface area (Å²) in [6.07, 6.45) is 0. The molecule has 2 heteroatoms.